The highest BCUT2D eigenvalue weighted by Gasteiger charge is 2.29. The van der Waals surface area contributed by atoms with Crippen molar-refractivity contribution in [2.24, 2.45) is 0 Å². The molecular formula is C21H23FN4O2. The highest BCUT2D eigenvalue weighted by atomic mass is 19.1. The van der Waals surface area contributed by atoms with Gasteiger partial charge in [0.2, 0.25) is 5.91 Å². The molecule has 3 aromatic rings. The van der Waals surface area contributed by atoms with E-state index in [0.29, 0.717) is 23.4 Å². The van der Waals surface area contributed by atoms with Crippen LogP contribution < -0.4 is 5.56 Å². The van der Waals surface area contributed by atoms with Gasteiger partial charge in [-0.25, -0.2) is 13.9 Å². The lowest BCUT2D eigenvalue weighted by Crippen LogP contribution is -2.39. The van der Waals surface area contributed by atoms with Gasteiger partial charge in [-0.2, -0.15) is 0 Å². The largest absolute Gasteiger partial charge is 0.334 e. The van der Waals surface area contributed by atoms with E-state index in [4.69, 9.17) is 0 Å². The predicted octanol–water partition coefficient (Wildman–Crippen LogP) is 3.07. The molecule has 0 bridgehead atoms. The number of likely N-dealkylation sites (tertiary alicyclic amines) is 1. The molecule has 1 aliphatic heterocycles. The third-order valence-corrected chi connectivity index (χ3v) is 5.55. The van der Waals surface area contributed by atoms with Crippen LogP contribution in [0.4, 0.5) is 4.39 Å². The molecule has 6 nitrogen and oxygen atoms in total. The van der Waals surface area contributed by atoms with E-state index in [1.165, 1.54) is 16.6 Å². The maximum absolute atomic E-state index is 13.1. The van der Waals surface area contributed by atoms with E-state index in [2.05, 4.69) is 10.1 Å². The van der Waals surface area contributed by atoms with Gasteiger partial charge in [-0.15, -0.1) is 0 Å². The van der Waals surface area contributed by atoms with Crippen LogP contribution in [0.3, 0.4) is 0 Å². The Balaban J connectivity index is 1.64. The molecule has 1 aliphatic rings. The molecule has 1 unspecified atom stereocenters. The van der Waals surface area contributed by atoms with Gasteiger partial charge in [-0.05, 0) is 50.8 Å². The molecule has 0 aliphatic carbocycles. The minimum absolute atomic E-state index is 0.00244. The van der Waals surface area contributed by atoms with Crippen molar-refractivity contribution in [1.82, 2.24) is 19.5 Å². The summed E-state index contributed by atoms with van der Waals surface area (Å²) in [6.45, 7) is 4.25. The quantitative estimate of drug-likeness (QED) is 0.757. The van der Waals surface area contributed by atoms with E-state index in [9.17, 15) is 14.0 Å². The lowest BCUT2D eigenvalue weighted by Gasteiger charge is -2.35. The van der Waals surface area contributed by atoms with Crippen LogP contribution >= 0.6 is 0 Å². The van der Waals surface area contributed by atoms with Crippen LogP contribution in [0.2, 0.25) is 0 Å². The number of nitrogens with one attached hydrogen (secondary N) is 1. The highest BCUT2D eigenvalue weighted by Crippen LogP contribution is 2.31. The fourth-order valence-electron chi connectivity index (χ4n) is 3.84. The Labute approximate surface area is 162 Å². The van der Waals surface area contributed by atoms with Crippen LogP contribution in [0.1, 0.15) is 47.8 Å². The van der Waals surface area contributed by atoms with Crippen molar-refractivity contribution in [3.63, 3.8) is 0 Å². The Morgan fingerprint density at radius 1 is 1.25 bits per heavy atom. The Morgan fingerprint density at radius 2 is 2.00 bits per heavy atom. The number of benzene rings is 1. The third-order valence-electron chi connectivity index (χ3n) is 5.55. The van der Waals surface area contributed by atoms with E-state index in [1.807, 2.05) is 17.9 Å². The molecule has 1 atom stereocenters. The number of amides is 1. The predicted molar refractivity (Wildman–Crippen MR) is 104 cm³/mol. The first-order chi connectivity index (χ1) is 13.4. The first-order valence-corrected chi connectivity index (χ1v) is 9.57. The smallest absolute Gasteiger partial charge is 0.275 e. The summed E-state index contributed by atoms with van der Waals surface area (Å²) in [4.78, 5) is 31.8. The molecule has 3 heterocycles. The SMILES string of the molecule is Cc1nc2cc(C3CCCCN3C(=O)Cc3ccc(F)cc3)[nH]n2c(=O)c1C. The molecule has 2 aromatic heterocycles. The molecule has 1 amide bonds. The fourth-order valence-corrected chi connectivity index (χ4v) is 3.84. The zero-order valence-corrected chi connectivity index (χ0v) is 16.0. The van der Waals surface area contributed by atoms with Gasteiger partial charge in [0.15, 0.2) is 5.65 Å². The van der Waals surface area contributed by atoms with Crippen molar-refractivity contribution in [1.29, 1.82) is 0 Å². The molecule has 1 saturated heterocycles. The normalized spacial score (nSPS) is 17.2. The van der Waals surface area contributed by atoms with Gasteiger partial charge < -0.3 is 4.90 Å². The summed E-state index contributed by atoms with van der Waals surface area (Å²) in [5.74, 6) is -0.309. The minimum atomic E-state index is -0.311. The van der Waals surface area contributed by atoms with Gasteiger partial charge in [-0.3, -0.25) is 14.7 Å². The molecule has 146 valence electrons. The Hall–Kier alpha value is -2.96. The van der Waals surface area contributed by atoms with E-state index in [0.717, 1.165) is 30.5 Å². The zero-order valence-electron chi connectivity index (χ0n) is 16.0. The molecule has 28 heavy (non-hydrogen) atoms. The number of rotatable bonds is 3. The second kappa shape index (κ2) is 7.22. The van der Waals surface area contributed by atoms with Crippen LogP contribution in [-0.4, -0.2) is 31.9 Å². The minimum Gasteiger partial charge on any atom is -0.334 e. The molecule has 0 radical (unpaired) electrons. The molecule has 1 fully saturated rings. The number of halogens is 1. The lowest BCUT2D eigenvalue weighted by atomic mass is 9.98. The number of hydrogen-bond acceptors (Lipinski definition) is 3. The molecule has 7 heteroatoms. The summed E-state index contributed by atoms with van der Waals surface area (Å²) in [6, 6.07) is 7.77. The van der Waals surface area contributed by atoms with Crippen molar-refractivity contribution in [2.75, 3.05) is 6.54 Å². The summed E-state index contributed by atoms with van der Waals surface area (Å²) >= 11 is 0. The molecule has 1 N–H and O–H groups in total. The standard InChI is InChI=1S/C21H23FN4O2/c1-13-14(2)23-19-12-17(24-26(19)21(13)28)18-5-3-4-10-25(18)20(27)11-15-6-8-16(22)9-7-15/h6-9,12,18,24H,3-5,10-11H2,1-2H3. The van der Waals surface area contributed by atoms with Crippen LogP contribution in [0, 0.1) is 19.7 Å². The van der Waals surface area contributed by atoms with Crippen LogP contribution in [0.15, 0.2) is 35.1 Å². The zero-order chi connectivity index (χ0) is 19.8. The van der Waals surface area contributed by atoms with Crippen molar-refractivity contribution in [2.45, 2.75) is 45.6 Å². The number of fused-ring (bicyclic) bond motifs is 1. The number of nitrogens with zero attached hydrogens (tertiary/aromatic N) is 3. The summed E-state index contributed by atoms with van der Waals surface area (Å²) in [5.41, 5.74) is 3.38. The summed E-state index contributed by atoms with van der Waals surface area (Å²) in [6.07, 6.45) is 3.02. The third kappa shape index (κ3) is 3.32. The molecular weight excluding hydrogens is 359 g/mol. The number of piperidine rings is 1. The van der Waals surface area contributed by atoms with Crippen LogP contribution in [-0.2, 0) is 11.2 Å². The van der Waals surface area contributed by atoms with Crippen molar-refractivity contribution in [3.05, 3.63) is 69.0 Å². The van der Waals surface area contributed by atoms with Gasteiger partial charge in [0.05, 0.1) is 18.2 Å². The van der Waals surface area contributed by atoms with Gasteiger partial charge >= 0.3 is 0 Å². The Bertz CT molecular complexity index is 1080. The fraction of sp³-hybridized carbons (Fsp3) is 0.381. The second-order valence-electron chi connectivity index (χ2n) is 7.43. The average molecular weight is 382 g/mol. The first-order valence-electron chi connectivity index (χ1n) is 9.57. The van der Waals surface area contributed by atoms with Gasteiger partial charge in [0.1, 0.15) is 5.82 Å². The summed E-state index contributed by atoms with van der Waals surface area (Å²) in [5, 5.41) is 3.16. The monoisotopic (exact) mass is 382 g/mol. The van der Waals surface area contributed by atoms with Crippen molar-refractivity contribution < 1.29 is 9.18 Å². The van der Waals surface area contributed by atoms with Crippen molar-refractivity contribution >= 4 is 11.6 Å². The van der Waals surface area contributed by atoms with E-state index in [-0.39, 0.29) is 29.7 Å². The topological polar surface area (TPSA) is 70.5 Å². The lowest BCUT2D eigenvalue weighted by molar-refractivity contribution is -0.134. The molecule has 4 rings (SSSR count). The number of carbonyl (C=O) groups is 1. The maximum atomic E-state index is 13.1. The Morgan fingerprint density at radius 3 is 2.75 bits per heavy atom. The number of H-pyrrole nitrogens is 1. The molecule has 0 saturated carbocycles. The molecule has 1 aromatic carbocycles. The molecule has 0 spiro atoms. The number of aryl methyl sites for hydroxylation is 1. The Kier molecular flexibility index (Phi) is 4.75. The van der Waals surface area contributed by atoms with Gasteiger partial charge in [0.25, 0.3) is 5.56 Å². The summed E-state index contributed by atoms with van der Waals surface area (Å²) < 4.78 is 14.6. The number of aromatic amines is 1. The van der Waals surface area contributed by atoms with Crippen LogP contribution in [0.5, 0.6) is 0 Å². The first kappa shape index (κ1) is 18.4. The summed E-state index contributed by atoms with van der Waals surface area (Å²) in [7, 11) is 0. The van der Waals surface area contributed by atoms with Crippen molar-refractivity contribution in [3.8, 4) is 0 Å². The second-order valence-corrected chi connectivity index (χ2v) is 7.43. The number of carbonyl (C=O) groups excluding carboxylic acids is 1. The van der Waals surface area contributed by atoms with E-state index in [1.54, 1.807) is 19.1 Å². The average Bonchev–Trinajstić information content (AvgIpc) is 3.12. The number of aromatic nitrogens is 3. The highest BCUT2D eigenvalue weighted by molar-refractivity contribution is 5.79. The van der Waals surface area contributed by atoms with E-state index < -0.39 is 0 Å². The van der Waals surface area contributed by atoms with Crippen LogP contribution in [0.25, 0.3) is 5.65 Å². The number of hydrogen-bond donors (Lipinski definition) is 1. The maximum Gasteiger partial charge on any atom is 0.275 e. The van der Waals surface area contributed by atoms with Gasteiger partial charge in [-0.1, -0.05) is 12.1 Å². The van der Waals surface area contributed by atoms with Gasteiger partial charge in [0, 0.05) is 23.9 Å². The van der Waals surface area contributed by atoms with E-state index >= 15 is 0 Å².